The Labute approximate surface area is 127 Å². The van der Waals surface area contributed by atoms with E-state index in [0.29, 0.717) is 5.75 Å². The van der Waals surface area contributed by atoms with Gasteiger partial charge in [-0.25, -0.2) is 0 Å². The lowest BCUT2D eigenvalue weighted by atomic mass is 9.77. The SMILES string of the molecule is CCc1ccc(OP)cc1C1C(=O)C(C)OC(C)(C)C1=O. The second-order valence-corrected chi connectivity index (χ2v) is 6.04. The van der Waals surface area contributed by atoms with Crippen LogP contribution >= 0.6 is 9.47 Å². The zero-order valence-electron chi connectivity index (χ0n) is 12.8. The number of ether oxygens (including phenoxy) is 1. The number of ketones is 2. The Kier molecular flexibility index (Phi) is 4.50. The summed E-state index contributed by atoms with van der Waals surface area (Å²) in [5, 5.41) is 0. The van der Waals surface area contributed by atoms with Crippen molar-refractivity contribution in [1.82, 2.24) is 0 Å². The first-order valence-electron chi connectivity index (χ1n) is 7.07. The molecule has 0 saturated carbocycles. The first kappa shape index (κ1) is 16.1. The maximum Gasteiger partial charge on any atom is 0.179 e. The quantitative estimate of drug-likeness (QED) is 0.636. The van der Waals surface area contributed by atoms with Crippen LogP contribution in [-0.4, -0.2) is 23.3 Å². The molecule has 3 atom stereocenters. The molecule has 4 nitrogen and oxygen atoms in total. The highest BCUT2D eigenvalue weighted by Gasteiger charge is 2.48. The molecule has 0 N–H and O–H groups in total. The lowest BCUT2D eigenvalue weighted by Gasteiger charge is -2.37. The molecule has 0 spiro atoms. The second kappa shape index (κ2) is 5.86. The van der Waals surface area contributed by atoms with Crippen LogP contribution in [0.5, 0.6) is 5.75 Å². The fourth-order valence-electron chi connectivity index (χ4n) is 2.80. The lowest BCUT2D eigenvalue weighted by molar-refractivity contribution is -0.168. The molecule has 114 valence electrons. The predicted molar refractivity (Wildman–Crippen MR) is 83.5 cm³/mol. The maximum absolute atomic E-state index is 12.7. The van der Waals surface area contributed by atoms with Crippen molar-refractivity contribution in [2.45, 2.75) is 51.7 Å². The number of hydrogen-bond acceptors (Lipinski definition) is 4. The van der Waals surface area contributed by atoms with E-state index in [4.69, 9.17) is 9.26 Å². The van der Waals surface area contributed by atoms with Gasteiger partial charge in [-0.2, -0.15) is 0 Å². The Balaban J connectivity index is 2.57. The van der Waals surface area contributed by atoms with Gasteiger partial charge in [0.1, 0.15) is 23.4 Å². The van der Waals surface area contributed by atoms with E-state index in [2.05, 4.69) is 9.47 Å². The average Bonchev–Trinajstić information content (AvgIpc) is 2.45. The smallest absolute Gasteiger partial charge is 0.179 e. The molecule has 1 aromatic rings. The zero-order valence-corrected chi connectivity index (χ0v) is 14.0. The second-order valence-electron chi connectivity index (χ2n) is 5.80. The van der Waals surface area contributed by atoms with Gasteiger partial charge in [0.15, 0.2) is 11.6 Å². The number of carbonyl (C=O) groups excluding carboxylic acids is 2. The number of benzene rings is 1. The van der Waals surface area contributed by atoms with Crippen molar-refractivity contribution in [2.24, 2.45) is 0 Å². The first-order chi connectivity index (χ1) is 9.81. The van der Waals surface area contributed by atoms with Crippen molar-refractivity contribution in [3.63, 3.8) is 0 Å². The summed E-state index contributed by atoms with van der Waals surface area (Å²) in [5.74, 6) is -0.542. The standard InChI is InChI=1S/C16H21O4P/c1-5-10-6-7-11(20-21)8-12(10)13-14(17)9(2)19-16(3,4)15(13)18/h6-9,13H,5,21H2,1-4H3. The van der Waals surface area contributed by atoms with Gasteiger partial charge in [-0.15, -0.1) is 0 Å². The van der Waals surface area contributed by atoms with Crippen LogP contribution in [0.4, 0.5) is 0 Å². The molecule has 0 aromatic heterocycles. The molecule has 1 aliphatic heterocycles. The highest BCUT2D eigenvalue weighted by atomic mass is 31.0. The van der Waals surface area contributed by atoms with Gasteiger partial charge >= 0.3 is 0 Å². The van der Waals surface area contributed by atoms with Crippen LogP contribution in [0.1, 0.15) is 44.7 Å². The molecule has 0 radical (unpaired) electrons. The number of rotatable bonds is 3. The Morgan fingerprint density at radius 1 is 1.33 bits per heavy atom. The minimum absolute atomic E-state index is 0.185. The van der Waals surface area contributed by atoms with Gasteiger partial charge in [0.05, 0.1) is 9.47 Å². The molecular formula is C16H21O4P. The van der Waals surface area contributed by atoms with E-state index in [1.165, 1.54) is 0 Å². The van der Waals surface area contributed by atoms with Crippen LogP contribution in [0.15, 0.2) is 18.2 Å². The van der Waals surface area contributed by atoms with Crippen LogP contribution in [0.2, 0.25) is 0 Å². The van der Waals surface area contributed by atoms with Gasteiger partial charge in [-0.05, 0) is 50.5 Å². The summed E-state index contributed by atoms with van der Waals surface area (Å²) in [6, 6.07) is 5.51. The summed E-state index contributed by atoms with van der Waals surface area (Å²) < 4.78 is 10.7. The zero-order chi connectivity index (χ0) is 15.8. The van der Waals surface area contributed by atoms with E-state index < -0.39 is 17.6 Å². The third kappa shape index (κ3) is 2.88. The van der Waals surface area contributed by atoms with E-state index in [9.17, 15) is 9.59 Å². The van der Waals surface area contributed by atoms with E-state index >= 15 is 0 Å². The van der Waals surface area contributed by atoms with Crippen LogP contribution in [0.25, 0.3) is 0 Å². The predicted octanol–water partition coefficient (Wildman–Crippen LogP) is 2.84. The molecule has 1 heterocycles. The van der Waals surface area contributed by atoms with Gasteiger partial charge < -0.3 is 9.26 Å². The van der Waals surface area contributed by atoms with E-state index in [1.54, 1.807) is 26.8 Å². The van der Waals surface area contributed by atoms with Gasteiger partial charge in [0, 0.05) is 0 Å². The number of hydrogen-bond donors (Lipinski definition) is 0. The highest BCUT2D eigenvalue weighted by Crippen LogP contribution is 2.36. The minimum atomic E-state index is -0.958. The summed E-state index contributed by atoms with van der Waals surface area (Å²) in [6.07, 6.45) is 0.159. The van der Waals surface area contributed by atoms with Crippen molar-refractivity contribution in [3.05, 3.63) is 29.3 Å². The summed E-state index contributed by atoms with van der Waals surface area (Å²) in [7, 11) is 2.18. The first-order valence-corrected chi connectivity index (χ1v) is 7.54. The largest absolute Gasteiger partial charge is 0.480 e. The number of Topliss-reactive ketones (excluding diaryl/α,β-unsaturated/α-hetero) is 2. The Morgan fingerprint density at radius 3 is 2.57 bits per heavy atom. The molecule has 1 aromatic carbocycles. The molecule has 2 rings (SSSR count). The van der Waals surface area contributed by atoms with Crippen LogP contribution in [-0.2, 0) is 20.7 Å². The summed E-state index contributed by atoms with van der Waals surface area (Å²) in [4.78, 5) is 25.2. The molecule has 0 bridgehead atoms. The molecule has 1 aliphatic rings. The highest BCUT2D eigenvalue weighted by molar-refractivity contribution is 7.10. The number of aryl methyl sites for hydroxylation is 1. The molecule has 1 fully saturated rings. The van der Waals surface area contributed by atoms with Crippen LogP contribution in [0.3, 0.4) is 0 Å². The number of carbonyl (C=O) groups is 2. The van der Waals surface area contributed by atoms with Crippen molar-refractivity contribution in [1.29, 1.82) is 0 Å². The van der Waals surface area contributed by atoms with Gasteiger partial charge in [0.2, 0.25) is 0 Å². The van der Waals surface area contributed by atoms with Crippen molar-refractivity contribution in [2.75, 3.05) is 0 Å². The lowest BCUT2D eigenvalue weighted by Crippen LogP contribution is -2.52. The molecular weight excluding hydrogens is 287 g/mol. The molecule has 0 aliphatic carbocycles. The molecule has 1 saturated heterocycles. The Morgan fingerprint density at radius 2 is 2.00 bits per heavy atom. The van der Waals surface area contributed by atoms with E-state index in [1.807, 2.05) is 19.1 Å². The average molecular weight is 308 g/mol. The maximum atomic E-state index is 12.7. The van der Waals surface area contributed by atoms with E-state index in [-0.39, 0.29) is 11.6 Å². The monoisotopic (exact) mass is 308 g/mol. The van der Waals surface area contributed by atoms with Crippen molar-refractivity contribution >= 4 is 21.0 Å². The topological polar surface area (TPSA) is 52.6 Å². The van der Waals surface area contributed by atoms with Gasteiger partial charge in [0.25, 0.3) is 0 Å². The van der Waals surface area contributed by atoms with Crippen molar-refractivity contribution < 1.29 is 18.8 Å². The molecule has 0 amide bonds. The summed E-state index contributed by atoms with van der Waals surface area (Å²) >= 11 is 0. The fraction of sp³-hybridized carbons (Fsp3) is 0.500. The fourth-order valence-corrected chi connectivity index (χ4v) is 2.95. The van der Waals surface area contributed by atoms with Gasteiger partial charge in [-0.1, -0.05) is 13.0 Å². The van der Waals surface area contributed by atoms with E-state index in [0.717, 1.165) is 17.5 Å². The van der Waals surface area contributed by atoms with Crippen LogP contribution in [0, 0.1) is 0 Å². The molecule has 5 heteroatoms. The van der Waals surface area contributed by atoms with Crippen LogP contribution < -0.4 is 4.52 Å². The van der Waals surface area contributed by atoms with Gasteiger partial charge in [-0.3, -0.25) is 9.59 Å². The molecule has 21 heavy (non-hydrogen) atoms. The third-order valence-corrected chi connectivity index (χ3v) is 4.23. The normalized spacial score (nSPS) is 25.0. The summed E-state index contributed by atoms with van der Waals surface area (Å²) in [5.41, 5.74) is 0.758. The summed E-state index contributed by atoms with van der Waals surface area (Å²) in [6.45, 7) is 7.13. The third-order valence-electron chi connectivity index (χ3n) is 3.96. The molecule has 3 unspecified atom stereocenters. The minimum Gasteiger partial charge on any atom is -0.480 e. The Hall–Kier alpha value is -1.25. The van der Waals surface area contributed by atoms with Crippen molar-refractivity contribution in [3.8, 4) is 5.75 Å². The Bertz CT molecular complexity index is 580.